The number of halogens is 1. The van der Waals surface area contributed by atoms with Crippen LogP contribution in [0.1, 0.15) is 36.6 Å². The quantitative estimate of drug-likeness (QED) is 0.750. The Morgan fingerprint density at radius 2 is 1.85 bits per heavy atom. The smallest absolute Gasteiger partial charge is 0.241 e. The van der Waals surface area contributed by atoms with Crippen molar-refractivity contribution in [1.82, 2.24) is 14.8 Å². The molecule has 7 heteroatoms. The lowest BCUT2D eigenvalue weighted by atomic mass is 9.93. The van der Waals surface area contributed by atoms with Crippen LogP contribution in [0.25, 0.3) is 0 Å². The number of nitrogens with two attached hydrogens (primary N) is 1. The molecule has 26 heavy (non-hydrogen) atoms. The van der Waals surface area contributed by atoms with Crippen LogP contribution in [-0.4, -0.2) is 21.4 Å². The van der Waals surface area contributed by atoms with E-state index in [0.717, 1.165) is 23.3 Å². The van der Waals surface area contributed by atoms with E-state index in [2.05, 4.69) is 15.4 Å². The number of nitrogen functional groups attached to an aromatic ring is 1. The van der Waals surface area contributed by atoms with Gasteiger partial charge in [-0.15, -0.1) is 5.10 Å². The second-order valence-corrected chi connectivity index (χ2v) is 6.24. The van der Waals surface area contributed by atoms with Crippen molar-refractivity contribution < 1.29 is 9.13 Å². The molecule has 3 aromatic rings. The van der Waals surface area contributed by atoms with Gasteiger partial charge in [0, 0.05) is 0 Å². The van der Waals surface area contributed by atoms with Crippen LogP contribution in [0.15, 0.2) is 48.5 Å². The summed E-state index contributed by atoms with van der Waals surface area (Å²) >= 11 is 0. The molecule has 0 unspecified atom stereocenters. The Bertz CT molecular complexity index is 891. The number of anilines is 2. The van der Waals surface area contributed by atoms with Crippen LogP contribution in [0.3, 0.4) is 0 Å². The summed E-state index contributed by atoms with van der Waals surface area (Å²) in [6, 6.07) is 14.4. The fourth-order valence-electron chi connectivity index (χ4n) is 3.34. The summed E-state index contributed by atoms with van der Waals surface area (Å²) in [4.78, 5) is 4.29. The number of nitrogens with zero attached hydrogens (tertiary/aromatic N) is 3. The number of hydrogen-bond donors (Lipinski definition) is 2. The zero-order valence-corrected chi connectivity index (χ0v) is 14.4. The number of aromatic nitrogens is 3. The second kappa shape index (κ2) is 6.67. The Morgan fingerprint density at radius 3 is 2.54 bits per heavy atom. The van der Waals surface area contributed by atoms with Gasteiger partial charge in [-0.05, 0) is 48.7 Å². The molecule has 0 aliphatic carbocycles. The van der Waals surface area contributed by atoms with E-state index in [1.807, 2.05) is 31.2 Å². The molecule has 0 radical (unpaired) electrons. The minimum atomic E-state index is -0.260. The minimum absolute atomic E-state index is 0.0387. The highest BCUT2D eigenvalue weighted by molar-refractivity contribution is 5.42. The number of nitrogens with one attached hydrogen (secondary N) is 1. The summed E-state index contributed by atoms with van der Waals surface area (Å²) in [6.07, 6.45) is 0.745. The van der Waals surface area contributed by atoms with Crippen molar-refractivity contribution in [2.45, 2.75) is 25.4 Å². The SMILES string of the molecule is CCOc1ccc([C@@H]2C[C@H](c3ccc(F)cc3)n3nc(N)nc3N2)cc1. The first-order valence-electron chi connectivity index (χ1n) is 8.61. The topological polar surface area (TPSA) is 78.0 Å². The molecule has 1 aromatic heterocycles. The fraction of sp³-hybridized carbons (Fsp3) is 0.263. The zero-order chi connectivity index (χ0) is 18.1. The third-order valence-electron chi connectivity index (χ3n) is 4.55. The maximum absolute atomic E-state index is 13.3. The largest absolute Gasteiger partial charge is 0.494 e. The molecule has 2 heterocycles. The number of rotatable bonds is 4. The van der Waals surface area contributed by atoms with E-state index in [4.69, 9.17) is 10.5 Å². The number of fused-ring (bicyclic) bond motifs is 1. The molecule has 2 atom stereocenters. The summed E-state index contributed by atoms with van der Waals surface area (Å²) in [5.41, 5.74) is 7.89. The molecular formula is C19H20FN5O. The number of ether oxygens (including phenoxy) is 1. The van der Waals surface area contributed by atoms with Crippen LogP contribution in [0.2, 0.25) is 0 Å². The predicted octanol–water partition coefficient (Wildman–Crippen LogP) is 3.54. The summed E-state index contributed by atoms with van der Waals surface area (Å²) in [5, 5.41) is 7.70. The fourth-order valence-corrected chi connectivity index (χ4v) is 3.34. The van der Waals surface area contributed by atoms with Crippen LogP contribution in [0.5, 0.6) is 5.75 Å². The van der Waals surface area contributed by atoms with E-state index in [9.17, 15) is 4.39 Å². The monoisotopic (exact) mass is 353 g/mol. The van der Waals surface area contributed by atoms with Crippen molar-refractivity contribution >= 4 is 11.9 Å². The lowest BCUT2D eigenvalue weighted by molar-refractivity contribution is 0.340. The average molecular weight is 353 g/mol. The Kier molecular flexibility index (Phi) is 4.20. The van der Waals surface area contributed by atoms with Gasteiger partial charge in [-0.3, -0.25) is 0 Å². The molecule has 1 aliphatic heterocycles. The number of benzene rings is 2. The standard InChI is InChI=1S/C19H20FN5O/c1-2-26-15-9-5-12(6-10-15)16-11-17(13-3-7-14(20)8-4-13)25-19(22-16)23-18(21)24-25/h3-10,16-17H,2,11H2,1H3,(H3,21,22,23,24)/t16-,17+/m0/s1. The summed E-state index contributed by atoms with van der Waals surface area (Å²) in [5.74, 6) is 1.41. The van der Waals surface area contributed by atoms with Gasteiger partial charge in [0.25, 0.3) is 0 Å². The maximum atomic E-state index is 13.3. The minimum Gasteiger partial charge on any atom is -0.494 e. The van der Waals surface area contributed by atoms with Crippen LogP contribution in [-0.2, 0) is 0 Å². The van der Waals surface area contributed by atoms with Gasteiger partial charge in [0.2, 0.25) is 11.9 Å². The van der Waals surface area contributed by atoms with E-state index < -0.39 is 0 Å². The van der Waals surface area contributed by atoms with Gasteiger partial charge < -0.3 is 15.8 Å². The highest BCUT2D eigenvalue weighted by atomic mass is 19.1. The third-order valence-corrected chi connectivity index (χ3v) is 4.55. The van der Waals surface area contributed by atoms with E-state index in [0.29, 0.717) is 12.6 Å². The van der Waals surface area contributed by atoms with Gasteiger partial charge >= 0.3 is 0 Å². The third kappa shape index (κ3) is 3.08. The van der Waals surface area contributed by atoms with Gasteiger partial charge in [-0.2, -0.15) is 4.98 Å². The highest BCUT2D eigenvalue weighted by Gasteiger charge is 2.30. The van der Waals surface area contributed by atoms with Crippen LogP contribution < -0.4 is 15.8 Å². The average Bonchev–Trinajstić information content (AvgIpc) is 3.03. The summed E-state index contributed by atoms with van der Waals surface area (Å²) < 4.78 is 20.6. The van der Waals surface area contributed by atoms with Crippen molar-refractivity contribution in [3.05, 3.63) is 65.5 Å². The molecule has 6 nitrogen and oxygen atoms in total. The highest BCUT2D eigenvalue weighted by Crippen LogP contribution is 2.38. The molecule has 0 spiro atoms. The van der Waals surface area contributed by atoms with Crippen LogP contribution in [0.4, 0.5) is 16.3 Å². The van der Waals surface area contributed by atoms with E-state index in [-0.39, 0.29) is 23.8 Å². The molecular weight excluding hydrogens is 333 g/mol. The molecule has 3 N–H and O–H groups in total. The van der Waals surface area contributed by atoms with Crippen molar-refractivity contribution in [2.24, 2.45) is 0 Å². The van der Waals surface area contributed by atoms with Crippen LogP contribution >= 0.6 is 0 Å². The summed E-state index contributed by atoms with van der Waals surface area (Å²) in [6.45, 7) is 2.59. The van der Waals surface area contributed by atoms with Crippen molar-refractivity contribution in [3.8, 4) is 5.75 Å². The molecule has 0 saturated heterocycles. The first kappa shape index (κ1) is 16.4. The lowest BCUT2D eigenvalue weighted by Crippen LogP contribution is -2.28. The van der Waals surface area contributed by atoms with Gasteiger partial charge in [0.05, 0.1) is 18.7 Å². The zero-order valence-electron chi connectivity index (χ0n) is 14.4. The molecule has 4 rings (SSSR count). The normalized spacial score (nSPS) is 18.8. The molecule has 2 aromatic carbocycles. The predicted molar refractivity (Wildman–Crippen MR) is 97.6 cm³/mol. The lowest BCUT2D eigenvalue weighted by Gasteiger charge is -2.31. The van der Waals surface area contributed by atoms with E-state index in [1.165, 1.54) is 12.1 Å². The van der Waals surface area contributed by atoms with E-state index >= 15 is 0 Å². The van der Waals surface area contributed by atoms with Gasteiger partial charge in [-0.25, -0.2) is 9.07 Å². The van der Waals surface area contributed by atoms with Crippen molar-refractivity contribution in [2.75, 3.05) is 17.7 Å². The van der Waals surface area contributed by atoms with Gasteiger partial charge in [-0.1, -0.05) is 24.3 Å². The second-order valence-electron chi connectivity index (χ2n) is 6.24. The van der Waals surface area contributed by atoms with Gasteiger partial charge in [0.15, 0.2) is 0 Å². The Hall–Kier alpha value is -3.09. The van der Waals surface area contributed by atoms with Crippen molar-refractivity contribution in [1.29, 1.82) is 0 Å². The maximum Gasteiger partial charge on any atom is 0.241 e. The Morgan fingerprint density at radius 1 is 1.15 bits per heavy atom. The molecule has 0 amide bonds. The van der Waals surface area contributed by atoms with Crippen molar-refractivity contribution in [3.63, 3.8) is 0 Å². The number of hydrogen-bond acceptors (Lipinski definition) is 5. The Labute approximate surface area is 150 Å². The van der Waals surface area contributed by atoms with E-state index in [1.54, 1.807) is 16.8 Å². The Balaban J connectivity index is 1.67. The van der Waals surface area contributed by atoms with Gasteiger partial charge in [0.1, 0.15) is 11.6 Å². The van der Waals surface area contributed by atoms with Crippen LogP contribution in [0, 0.1) is 5.82 Å². The molecule has 0 bridgehead atoms. The first-order chi connectivity index (χ1) is 12.6. The first-order valence-corrected chi connectivity index (χ1v) is 8.61. The molecule has 0 fully saturated rings. The molecule has 134 valence electrons. The summed E-state index contributed by atoms with van der Waals surface area (Å²) in [7, 11) is 0. The molecule has 1 aliphatic rings. The molecule has 0 saturated carbocycles.